The van der Waals surface area contributed by atoms with E-state index >= 15 is 0 Å². The summed E-state index contributed by atoms with van der Waals surface area (Å²) >= 11 is 0. The molecule has 2 unspecified atom stereocenters. The molecule has 0 aliphatic carbocycles. The standard InChI is InChI=1S/C14H26O7/c1-8(9(2)16)5-3-4-6-20-14-13(19)12(18)11(17)10(7-15)21-14/h8,10-15,17-19H,3-7H2,1-2H3/t8-,10?,11-,12-,13?,14-/m0/s1. The minimum atomic E-state index is -1.42. The minimum absolute atomic E-state index is 0.0252. The first kappa shape index (κ1) is 18.5. The average Bonchev–Trinajstić information content (AvgIpc) is 2.46. The molecular formula is C14H26O7. The van der Waals surface area contributed by atoms with Crippen molar-refractivity contribution in [3.05, 3.63) is 0 Å². The molecule has 1 aliphatic heterocycles. The Morgan fingerprint density at radius 2 is 1.86 bits per heavy atom. The number of carbonyl (C=O) groups excluding carboxylic acids is 1. The molecule has 21 heavy (non-hydrogen) atoms. The fraction of sp³-hybridized carbons (Fsp3) is 0.929. The molecule has 1 heterocycles. The normalized spacial score (nSPS) is 34.7. The van der Waals surface area contributed by atoms with Gasteiger partial charge in [0.2, 0.25) is 0 Å². The fourth-order valence-corrected chi connectivity index (χ4v) is 2.16. The Labute approximate surface area is 124 Å². The summed E-state index contributed by atoms with van der Waals surface area (Å²) < 4.78 is 10.6. The van der Waals surface area contributed by atoms with Crippen LogP contribution in [0.5, 0.6) is 0 Å². The van der Waals surface area contributed by atoms with E-state index in [4.69, 9.17) is 14.6 Å². The highest BCUT2D eigenvalue weighted by molar-refractivity contribution is 5.77. The summed E-state index contributed by atoms with van der Waals surface area (Å²) in [5, 5.41) is 38.0. The molecular weight excluding hydrogens is 280 g/mol. The van der Waals surface area contributed by atoms with Crippen molar-refractivity contribution in [3.63, 3.8) is 0 Å². The number of hydrogen-bond acceptors (Lipinski definition) is 7. The Hall–Kier alpha value is -0.570. The fourth-order valence-electron chi connectivity index (χ4n) is 2.16. The van der Waals surface area contributed by atoms with Gasteiger partial charge >= 0.3 is 0 Å². The van der Waals surface area contributed by atoms with E-state index in [1.54, 1.807) is 6.92 Å². The van der Waals surface area contributed by atoms with Crippen molar-refractivity contribution < 1.29 is 34.7 Å². The van der Waals surface area contributed by atoms with Gasteiger partial charge in [-0.3, -0.25) is 4.79 Å². The first-order chi connectivity index (χ1) is 9.88. The molecule has 6 atom stereocenters. The van der Waals surface area contributed by atoms with E-state index < -0.39 is 37.3 Å². The molecule has 0 aromatic rings. The largest absolute Gasteiger partial charge is 0.394 e. The molecule has 0 aromatic carbocycles. The lowest BCUT2D eigenvalue weighted by molar-refractivity contribution is -0.301. The highest BCUT2D eigenvalue weighted by atomic mass is 16.7. The van der Waals surface area contributed by atoms with Crippen LogP contribution in [0.3, 0.4) is 0 Å². The summed E-state index contributed by atoms with van der Waals surface area (Å²) in [4.78, 5) is 11.1. The maximum absolute atomic E-state index is 11.1. The summed E-state index contributed by atoms with van der Waals surface area (Å²) in [6, 6.07) is 0. The van der Waals surface area contributed by atoms with Crippen LogP contribution in [0.25, 0.3) is 0 Å². The van der Waals surface area contributed by atoms with Gasteiger partial charge in [0, 0.05) is 12.5 Å². The van der Waals surface area contributed by atoms with E-state index in [0.717, 1.165) is 12.8 Å². The molecule has 1 aliphatic rings. The smallest absolute Gasteiger partial charge is 0.186 e. The number of Topliss-reactive ketones (excluding diaryl/α,β-unsaturated/α-hetero) is 1. The third kappa shape index (κ3) is 5.28. The molecule has 4 N–H and O–H groups in total. The highest BCUT2D eigenvalue weighted by Gasteiger charge is 2.43. The van der Waals surface area contributed by atoms with Crippen LogP contribution in [0.1, 0.15) is 33.1 Å². The van der Waals surface area contributed by atoms with Crippen LogP contribution in [0, 0.1) is 5.92 Å². The molecule has 7 nitrogen and oxygen atoms in total. The average molecular weight is 306 g/mol. The van der Waals surface area contributed by atoms with Crippen LogP contribution in [0.4, 0.5) is 0 Å². The van der Waals surface area contributed by atoms with Gasteiger partial charge in [-0.15, -0.1) is 0 Å². The number of aliphatic hydroxyl groups excluding tert-OH is 4. The zero-order valence-electron chi connectivity index (χ0n) is 12.5. The van der Waals surface area contributed by atoms with E-state index in [-0.39, 0.29) is 11.7 Å². The summed E-state index contributed by atoms with van der Waals surface area (Å²) in [5.41, 5.74) is 0. The molecule has 1 rings (SSSR count). The number of hydrogen-bond donors (Lipinski definition) is 4. The van der Waals surface area contributed by atoms with Crippen molar-refractivity contribution in [1.82, 2.24) is 0 Å². The highest BCUT2D eigenvalue weighted by Crippen LogP contribution is 2.22. The number of unbranched alkanes of at least 4 members (excludes halogenated alkanes) is 1. The number of ketones is 1. The maximum Gasteiger partial charge on any atom is 0.186 e. The van der Waals surface area contributed by atoms with Gasteiger partial charge < -0.3 is 29.9 Å². The van der Waals surface area contributed by atoms with Gasteiger partial charge in [-0.2, -0.15) is 0 Å². The van der Waals surface area contributed by atoms with E-state index in [1.807, 2.05) is 6.92 Å². The summed E-state index contributed by atoms with van der Waals surface area (Å²) in [5.74, 6) is 0.183. The lowest BCUT2D eigenvalue weighted by atomic mass is 9.99. The summed E-state index contributed by atoms with van der Waals surface area (Å²) in [7, 11) is 0. The minimum Gasteiger partial charge on any atom is -0.394 e. The molecule has 0 bridgehead atoms. The zero-order valence-corrected chi connectivity index (χ0v) is 12.5. The van der Waals surface area contributed by atoms with Crippen LogP contribution in [-0.4, -0.2) is 70.1 Å². The van der Waals surface area contributed by atoms with Crippen molar-refractivity contribution in [3.8, 4) is 0 Å². The van der Waals surface area contributed by atoms with Crippen molar-refractivity contribution in [2.75, 3.05) is 13.2 Å². The third-order valence-corrected chi connectivity index (χ3v) is 3.86. The Kier molecular flexibility index (Phi) is 7.72. The summed E-state index contributed by atoms with van der Waals surface area (Å²) in [6.45, 7) is 3.27. The lowest BCUT2D eigenvalue weighted by Crippen LogP contribution is -2.59. The molecule has 0 saturated carbocycles. The Bertz CT molecular complexity index is 320. The third-order valence-electron chi connectivity index (χ3n) is 3.86. The zero-order chi connectivity index (χ0) is 16.0. The predicted molar refractivity (Wildman–Crippen MR) is 73.4 cm³/mol. The topological polar surface area (TPSA) is 116 Å². The Balaban J connectivity index is 2.29. The van der Waals surface area contributed by atoms with E-state index in [9.17, 15) is 20.1 Å². The monoisotopic (exact) mass is 306 g/mol. The second-order valence-electron chi connectivity index (χ2n) is 5.58. The summed E-state index contributed by atoms with van der Waals surface area (Å²) in [6.07, 6.45) is -3.92. The Morgan fingerprint density at radius 1 is 1.19 bits per heavy atom. The van der Waals surface area contributed by atoms with E-state index in [2.05, 4.69) is 0 Å². The van der Waals surface area contributed by atoms with Crippen LogP contribution in [0.15, 0.2) is 0 Å². The van der Waals surface area contributed by atoms with Gasteiger partial charge in [0.1, 0.15) is 30.2 Å². The molecule has 0 radical (unpaired) electrons. The molecule has 1 fully saturated rings. The van der Waals surface area contributed by atoms with Gasteiger partial charge in [-0.25, -0.2) is 0 Å². The second kappa shape index (κ2) is 8.77. The van der Waals surface area contributed by atoms with Gasteiger partial charge in [-0.05, 0) is 19.8 Å². The van der Waals surface area contributed by atoms with Crippen LogP contribution in [0.2, 0.25) is 0 Å². The molecule has 0 amide bonds. The van der Waals surface area contributed by atoms with Crippen molar-refractivity contribution in [1.29, 1.82) is 0 Å². The SMILES string of the molecule is CC(=O)[C@@H](C)CCCCO[C@H]1OC(CO)[C@H](O)[C@H](O)C1O. The van der Waals surface area contributed by atoms with E-state index in [1.165, 1.54) is 0 Å². The quantitative estimate of drug-likeness (QED) is 0.434. The molecule has 1 saturated heterocycles. The molecule has 0 spiro atoms. The molecule has 7 heteroatoms. The predicted octanol–water partition coefficient (Wildman–Crippen LogP) is -0.802. The molecule has 0 aromatic heterocycles. The van der Waals surface area contributed by atoms with Crippen molar-refractivity contribution >= 4 is 5.78 Å². The van der Waals surface area contributed by atoms with E-state index in [0.29, 0.717) is 13.0 Å². The number of aliphatic hydroxyl groups is 4. The maximum atomic E-state index is 11.1. The van der Waals surface area contributed by atoms with Crippen molar-refractivity contribution in [2.45, 2.75) is 63.8 Å². The van der Waals surface area contributed by atoms with Crippen molar-refractivity contribution in [2.24, 2.45) is 5.92 Å². The number of ether oxygens (including phenoxy) is 2. The van der Waals surface area contributed by atoms with Gasteiger partial charge in [0.15, 0.2) is 6.29 Å². The first-order valence-corrected chi connectivity index (χ1v) is 7.31. The number of carbonyl (C=O) groups is 1. The van der Waals surface area contributed by atoms with Gasteiger partial charge in [0.05, 0.1) is 6.61 Å². The lowest BCUT2D eigenvalue weighted by Gasteiger charge is -2.39. The van der Waals surface area contributed by atoms with Crippen LogP contribution >= 0.6 is 0 Å². The first-order valence-electron chi connectivity index (χ1n) is 7.31. The van der Waals surface area contributed by atoms with Gasteiger partial charge in [0.25, 0.3) is 0 Å². The second-order valence-corrected chi connectivity index (χ2v) is 5.58. The van der Waals surface area contributed by atoms with Gasteiger partial charge in [-0.1, -0.05) is 13.3 Å². The number of rotatable bonds is 8. The molecule has 124 valence electrons. The van der Waals surface area contributed by atoms with Crippen LogP contribution < -0.4 is 0 Å². The van der Waals surface area contributed by atoms with Crippen LogP contribution in [-0.2, 0) is 14.3 Å². The Morgan fingerprint density at radius 3 is 2.43 bits per heavy atom.